The summed E-state index contributed by atoms with van der Waals surface area (Å²) in [4.78, 5) is 11.3. The molecule has 102 valence electrons. The van der Waals surface area contributed by atoms with Gasteiger partial charge in [-0.2, -0.15) is 15.1 Å². The molecule has 1 fully saturated rings. The Labute approximate surface area is 111 Å². The lowest BCUT2D eigenvalue weighted by Crippen LogP contribution is -2.44. The molecule has 3 heterocycles. The highest BCUT2D eigenvalue weighted by atomic mass is 16.5. The molecule has 0 bridgehead atoms. The Bertz CT molecular complexity index is 568. The summed E-state index contributed by atoms with van der Waals surface area (Å²) in [6.07, 6.45) is 1.78. The van der Waals surface area contributed by atoms with Crippen LogP contribution in [0.3, 0.4) is 0 Å². The number of aromatic nitrogens is 4. The topological polar surface area (TPSA) is 79.0 Å². The molecule has 2 N–H and O–H groups in total. The van der Waals surface area contributed by atoms with E-state index in [1.807, 2.05) is 6.92 Å². The predicted molar refractivity (Wildman–Crippen MR) is 73.5 cm³/mol. The summed E-state index contributed by atoms with van der Waals surface area (Å²) in [6.45, 7) is 7.24. The normalized spacial score (nSPS) is 19.9. The van der Waals surface area contributed by atoms with Gasteiger partial charge in [0, 0.05) is 13.1 Å². The Hall–Kier alpha value is -1.89. The highest BCUT2D eigenvalue weighted by molar-refractivity contribution is 5.87. The molecular weight excluding hydrogens is 244 g/mol. The average Bonchev–Trinajstić information content (AvgIpc) is 2.87. The van der Waals surface area contributed by atoms with Gasteiger partial charge < -0.3 is 15.0 Å². The van der Waals surface area contributed by atoms with E-state index in [1.165, 1.54) is 0 Å². The molecule has 0 amide bonds. The van der Waals surface area contributed by atoms with Gasteiger partial charge in [0.05, 0.1) is 30.8 Å². The molecule has 1 aliphatic heterocycles. The molecule has 1 unspecified atom stereocenters. The van der Waals surface area contributed by atoms with Gasteiger partial charge >= 0.3 is 0 Å². The fourth-order valence-electron chi connectivity index (χ4n) is 2.32. The summed E-state index contributed by atoms with van der Waals surface area (Å²) in [5.74, 6) is 1.55. The number of nitrogens with one attached hydrogen (secondary N) is 2. The largest absolute Gasteiger partial charge is 0.377 e. The molecule has 19 heavy (non-hydrogen) atoms. The first kappa shape index (κ1) is 12.2. The lowest BCUT2D eigenvalue weighted by molar-refractivity contribution is 0.0987. The van der Waals surface area contributed by atoms with Crippen LogP contribution in [0, 0.1) is 0 Å². The number of hydrogen-bond donors (Lipinski definition) is 2. The highest BCUT2D eigenvalue weighted by Gasteiger charge is 2.23. The number of morpholine rings is 1. The Morgan fingerprint density at radius 3 is 3.21 bits per heavy atom. The van der Waals surface area contributed by atoms with Gasteiger partial charge in [-0.25, -0.2) is 0 Å². The SMILES string of the molecule is CCNc1nc(N2CCOCC2C)c2cn[nH]c2n1. The molecular formula is C12H18N6O. The monoisotopic (exact) mass is 262 g/mol. The van der Waals surface area contributed by atoms with E-state index in [2.05, 4.69) is 37.3 Å². The molecule has 2 aromatic rings. The van der Waals surface area contributed by atoms with E-state index in [1.54, 1.807) is 6.20 Å². The molecule has 1 saturated heterocycles. The minimum atomic E-state index is 0.302. The number of rotatable bonds is 3. The van der Waals surface area contributed by atoms with Crippen molar-refractivity contribution in [2.24, 2.45) is 0 Å². The number of fused-ring (bicyclic) bond motifs is 1. The van der Waals surface area contributed by atoms with Gasteiger partial charge in [0.2, 0.25) is 5.95 Å². The summed E-state index contributed by atoms with van der Waals surface area (Å²) < 4.78 is 5.48. The molecule has 3 rings (SSSR count). The molecule has 7 nitrogen and oxygen atoms in total. The molecule has 1 atom stereocenters. The zero-order valence-electron chi connectivity index (χ0n) is 11.2. The standard InChI is InChI=1S/C12H18N6O/c1-3-13-12-15-10-9(6-14-17-10)11(16-12)18-4-5-19-7-8(18)2/h6,8H,3-5,7H2,1-2H3,(H2,13,14,15,16,17). The first-order valence-electron chi connectivity index (χ1n) is 6.59. The third kappa shape index (κ3) is 2.21. The van der Waals surface area contributed by atoms with Gasteiger partial charge in [-0.3, -0.25) is 5.10 Å². The van der Waals surface area contributed by atoms with Crippen LogP contribution in [0.25, 0.3) is 11.0 Å². The number of aromatic amines is 1. The van der Waals surface area contributed by atoms with Gasteiger partial charge in [0.15, 0.2) is 5.65 Å². The van der Waals surface area contributed by atoms with E-state index in [4.69, 9.17) is 4.74 Å². The van der Waals surface area contributed by atoms with Crippen LogP contribution < -0.4 is 10.2 Å². The molecule has 0 aliphatic carbocycles. The predicted octanol–water partition coefficient (Wildman–Crippen LogP) is 1.01. The minimum Gasteiger partial charge on any atom is -0.377 e. The Morgan fingerprint density at radius 1 is 1.53 bits per heavy atom. The second kappa shape index (κ2) is 5.00. The summed E-state index contributed by atoms with van der Waals surface area (Å²) in [6, 6.07) is 0.302. The van der Waals surface area contributed by atoms with Crippen LogP contribution in [0.4, 0.5) is 11.8 Å². The van der Waals surface area contributed by atoms with E-state index in [9.17, 15) is 0 Å². The van der Waals surface area contributed by atoms with Crippen molar-refractivity contribution in [1.29, 1.82) is 0 Å². The lowest BCUT2D eigenvalue weighted by Gasteiger charge is -2.34. The van der Waals surface area contributed by atoms with Crippen LogP contribution in [0.2, 0.25) is 0 Å². The number of anilines is 2. The second-order valence-electron chi connectivity index (χ2n) is 4.65. The zero-order chi connectivity index (χ0) is 13.2. The van der Waals surface area contributed by atoms with E-state index >= 15 is 0 Å². The Morgan fingerprint density at radius 2 is 2.42 bits per heavy atom. The smallest absolute Gasteiger partial charge is 0.226 e. The summed E-state index contributed by atoms with van der Waals surface area (Å²) >= 11 is 0. The number of hydrogen-bond acceptors (Lipinski definition) is 6. The second-order valence-corrected chi connectivity index (χ2v) is 4.65. The summed E-state index contributed by atoms with van der Waals surface area (Å²) in [7, 11) is 0. The molecule has 2 aromatic heterocycles. The zero-order valence-corrected chi connectivity index (χ0v) is 11.2. The van der Waals surface area contributed by atoms with Crippen molar-refractivity contribution in [3.05, 3.63) is 6.20 Å². The fraction of sp³-hybridized carbons (Fsp3) is 0.583. The maximum Gasteiger partial charge on any atom is 0.226 e. The van der Waals surface area contributed by atoms with Crippen molar-refractivity contribution in [3.8, 4) is 0 Å². The average molecular weight is 262 g/mol. The van der Waals surface area contributed by atoms with Gasteiger partial charge in [0.1, 0.15) is 5.82 Å². The highest BCUT2D eigenvalue weighted by Crippen LogP contribution is 2.26. The molecule has 0 saturated carbocycles. The van der Waals surface area contributed by atoms with Gasteiger partial charge in [0.25, 0.3) is 0 Å². The quantitative estimate of drug-likeness (QED) is 0.859. The van der Waals surface area contributed by atoms with Crippen LogP contribution in [0.15, 0.2) is 6.20 Å². The lowest BCUT2D eigenvalue weighted by atomic mass is 10.2. The summed E-state index contributed by atoms with van der Waals surface area (Å²) in [5, 5.41) is 11.1. The molecule has 0 spiro atoms. The number of ether oxygens (including phenoxy) is 1. The van der Waals surface area contributed by atoms with Gasteiger partial charge in [-0.15, -0.1) is 0 Å². The third-order valence-electron chi connectivity index (χ3n) is 3.26. The fourth-order valence-corrected chi connectivity index (χ4v) is 2.32. The first-order valence-corrected chi connectivity index (χ1v) is 6.59. The molecule has 7 heteroatoms. The van der Waals surface area contributed by atoms with E-state index in [0.29, 0.717) is 12.0 Å². The van der Waals surface area contributed by atoms with E-state index < -0.39 is 0 Å². The maximum absolute atomic E-state index is 5.48. The van der Waals surface area contributed by atoms with Crippen LogP contribution in [0.1, 0.15) is 13.8 Å². The number of H-pyrrole nitrogens is 1. The van der Waals surface area contributed by atoms with Crippen LogP contribution >= 0.6 is 0 Å². The molecule has 0 radical (unpaired) electrons. The Kier molecular flexibility index (Phi) is 3.20. The summed E-state index contributed by atoms with van der Waals surface area (Å²) in [5.41, 5.74) is 0.764. The third-order valence-corrected chi connectivity index (χ3v) is 3.26. The van der Waals surface area contributed by atoms with E-state index in [-0.39, 0.29) is 0 Å². The van der Waals surface area contributed by atoms with E-state index in [0.717, 1.165) is 43.2 Å². The van der Waals surface area contributed by atoms with Crippen molar-refractivity contribution in [1.82, 2.24) is 20.2 Å². The molecule has 0 aromatic carbocycles. The first-order chi connectivity index (χ1) is 9.29. The van der Waals surface area contributed by atoms with Crippen LogP contribution in [0.5, 0.6) is 0 Å². The number of nitrogens with zero attached hydrogens (tertiary/aromatic N) is 4. The van der Waals surface area contributed by atoms with Crippen LogP contribution in [-0.2, 0) is 4.74 Å². The minimum absolute atomic E-state index is 0.302. The van der Waals surface area contributed by atoms with Crippen molar-refractivity contribution in [2.75, 3.05) is 36.5 Å². The van der Waals surface area contributed by atoms with Gasteiger partial charge in [-0.1, -0.05) is 0 Å². The van der Waals surface area contributed by atoms with Crippen LogP contribution in [-0.4, -0.2) is 52.5 Å². The maximum atomic E-state index is 5.48. The van der Waals surface area contributed by atoms with Crippen molar-refractivity contribution in [3.63, 3.8) is 0 Å². The molecule has 1 aliphatic rings. The van der Waals surface area contributed by atoms with Crippen molar-refractivity contribution in [2.45, 2.75) is 19.9 Å². The van der Waals surface area contributed by atoms with Gasteiger partial charge in [-0.05, 0) is 13.8 Å². The van der Waals surface area contributed by atoms with Crippen molar-refractivity contribution >= 4 is 22.8 Å². The van der Waals surface area contributed by atoms with Crippen molar-refractivity contribution < 1.29 is 4.74 Å². The Balaban J connectivity index is 2.06.